The molecule has 1 heterocycles. The average molecular weight is 326 g/mol. The molecule has 24 heavy (non-hydrogen) atoms. The molecule has 0 aliphatic rings. The molecule has 2 unspecified atom stereocenters. The monoisotopic (exact) mass is 326 g/mol. The van der Waals surface area contributed by atoms with Gasteiger partial charge in [0.1, 0.15) is 0 Å². The number of benzene rings is 1. The maximum absolute atomic E-state index is 9.70. The van der Waals surface area contributed by atoms with E-state index in [1.165, 1.54) is 16.7 Å². The predicted molar refractivity (Wildman–Crippen MR) is 100 cm³/mol. The van der Waals surface area contributed by atoms with Crippen LogP contribution in [-0.2, 0) is 12.8 Å². The number of nitrogens with one attached hydrogen (secondary N) is 1. The summed E-state index contributed by atoms with van der Waals surface area (Å²) in [5.41, 5.74) is 4.95. The molecule has 0 fully saturated rings. The van der Waals surface area contributed by atoms with Gasteiger partial charge in [0, 0.05) is 25.4 Å². The second-order valence-corrected chi connectivity index (χ2v) is 6.65. The van der Waals surface area contributed by atoms with E-state index in [1.807, 2.05) is 6.20 Å². The van der Waals surface area contributed by atoms with Gasteiger partial charge in [-0.15, -0.1) is 0 Å². The average Bonchev–Trinajstić information content (AvgIpc) is 2.61. The van der Waals surface area contributed by atoms with Gasteiger partial charge >= 0.3 is 0 Å². The first kappa shape index (κ1) is 18.6. The van der Waals surface area contributed by atoms with Crippen molar-refractivity contribution >= 4 is 0 Å². The smallest absolute Gasteiger partial charge is 0.0570 e. The van der Waals surface area contributed by atoms with Crippen LogP contribution in [0.15, 0.2) is 42.6 Å². The molecule has 130 valence electrons. The lowest BCUT2D eigenvalue weighted by atomic mass is 9.96. The Kier molecular flexibility index (Phi) is 7.41. The van der Waals surface area contributed by atoms with E-state index < -0.39 is 0 Å². The summed E-state index contributed by atoms with van der Waals surface area (Å²) in [5.74, 6) is 0.216. The van der Waals surface area contributed by atoms with Gasteiger partial charge in [-0.3, -0.25) is 4.98 Å². The third-order valence-electron chi connectivity index (χ3n) is 4.57. The molecule has 3 heteroatoms. The zero-order valence-electron chi connectivity index (χ0n) is 15.1. The van der Waals surface area contributed by atoms with Crippen molar-refractivity contribution in [3.63, 3.8) is 0 Å². The molecular formula is C21H30N2O. The fourth-order valence-corrected chi connectivity index (χ4v) is 2.93. The molecule has 0 aliphatic carbocycles. The molecule has 2 rings (SSSR count). The zero-order chi connectivity index (χ0) is 17.4. The summed E-state index contributed by atoms with van der Waals surface area (Å²) in [6.07, 6.45) is 5.10. The Morgan fingerprint density at radius 1 is 1.17 bits per heavy atom. The van der Waals surface area contributed by atoms with Crippen molar-refractivity contribution in [1.29, 1.82) is 0 Å². The summed E-state index contributed by atoms with van der Waals surface area (Å²) in [6, 6.07) is 12.9. The van der Waals surface area contributed by atoms with E-state index in [1.54, 1.807) is 0 Å². The molecule has 3 nitrogen and oxygen atoms in total. The van der Waals surface area contributed by atoms with Gasteiger partial charge in [0.15, 0.2) is 0 Å². The Bertz CT molecular complexity index is 609. The SMILES string of the molecule is CCCc1ccc(C(C)NCC(CO)Cc2ccccc2C)nc1. The van der Waals surface area contributed by atoms with Gasteiger partial charge in [-0.2, -0.15) is 0 Å². The first-order chi connectivity index (χ1) is 11.6. The van der Waals surface area contributed by atoms with Crippen LogP contribution in [0.25, 0.3) is 0 Å². The van der Waals surface area contributed by atoms with Gasteiger partial charge in [-0.05, 0) is 55.4 Å². The van der Waals surface area contributed by atoms with Crippen LogP contribution in [0.2, 0.25) is 0 Å². The number of aryl methyl sites for hydroxylation is 2. The van der Waals surface area contributed by atoms with Crippen molar-refractivity contribution < 1.29 is 5.11 Å². The minimum Gasteiger partial charge on any atom is -0.396 e. The van der Waals surface area contributed by atoms with E-state index in [9.17, 15) is 5.11 Å². The highest BCUT2D eigenvalue weighted by atomic mass is 16.3. The number of aliphatic hydroxyl groups excluding tert-OH is 1. The first-order valence-electron chi connectivity index (χ1n) is 8.97. The fourth-order valence-electron chi connectivity index (χ4n) is 2.93. The summed E-state index contributed by atoms with van der Waals surface area (Å²) >= 11 is 0. The maximum atomic E-state index is 9.70. The van der Waals surface area contributed by atoms with Crippen LogP contribution in [0.4, 0.5) is 0 Å². The Morgan fingerprint density at radius 3 is 2.58 bits per heavy atom. The summed E-state index contributed by atoms with van der Waals surface area (Å²) < 4.78 is 0. The molecule has 0 spiro atoms. The van der Waals surface area contributed by atoms with Crippen LogP contribution in [0.1, 0.15) is 48.7 Å². The highest BCUT2D eigenvalue weighted by molar-refractivity contribution is 5.26. The number of rotatable bonds is 9. The maximum Gasteiger partial charge on any atom is 0.0570 e. The number of nitrogens with zero attached hydrogens (tertiary/aromatic N) is 1. The van der Waals surface area contributed by atoms with Crippen molar-refractivity contribution in [2.75, 3.05) is 13.2 Å². The molecule has 2 N–H and O–H groups in total. The molecule has 2 aromatic rings. The summed E-state index contributed by atoms with van der Waals surface area (Å²) in [5, 5.41) is 13.2. The third kappa shape index (κ3) is 5.43. The van der Waals surface area contributed by atoms with E-state index in [4.69, 9.17) is 0 Å². The molecule has 1 aromatic heterocycles. The van der Waals surface area contributed by atoms with Gasteiger partial charge in [-0.1, -0.05) is 43.7 Å². The van der Waals surface area contributed by atoms with E-state index in [-0.39, 0.29) is 18.6 Å². The van der Waals surface area contributed by atoms with E-state index >= 15 is 0 Å². The van der Waals surface area contributed by atoms with Gasteiger partial charge in [-0.25, -0.2) is 0 Å². The van der Waals surface area contributed by atoms with Crippen LogP contribution in [-0.4, -0.2) is 23.2 Å². The highest BCUT2D eigenvalue weighted by Crippen LogP contribution is 2.15. The quantitative estimate of drug-likeness (QED) is 0.736. The Morgan fingerprint density at radius 2 is 1.96 bits per heavy atom. The lowest BCUT2D eigenvalue weighted by Crippen LogP contribution is -2.29. The minimum atomic E-state index is 0.187. The van der Waals surface area contributed by atoms with Crippen molar-refractivity contribution in [3.8, 4) is 0 Å². The number of hydrogen-bond acceptors (Lipinski definition) is 3. The van der Waals surface area contributed by atoms with Crippen molar-refractivity contribution in [1.82, 2.24) is 10.3 Å². The number of aliphatic hydroxyl groups is 1. The molecule has 0 aliphatic heterocycles. The van der Waals surface area contributed by atoms with Crippen LogP contribution < -0.4 is 5.32 Å². The molecular weight excluding hydrogens is 296 g/mol. The predicted octanol–water partition coefficient (Wildman–Crippen LogP) is 3.84. The molecule has 1 aromatic carbocycles. The Balaban J connectivity index is 1.88. The second kappa shape index (κ2) is 9.55. The topological polar surface area (TPSA) is 45.1 Å². The molecule has 0 radical (unpaired) electrons. The highest BCUT2D eigenvalue weighted by Gasteiger charge is 2.13. The molecule has 2 atom stereocenters. The van der Waals surface area contributed by atoms with E-state index in [2.05, 4.69) is 67.5 Å². The van der Waals surface area contributed by atoms with Crippen LogP contribution >= 0.6 is 0 Å². The lowest BCUT2D eigenvalue weighted by molar-refractivity contribution is 0.218. The van der Waals surface area contributed by atoms with Crippen LogP contribution in [0.5, 0.6) is 0 Å². The minimum absolute atomic E-state index is 0.187. The normalized spacial score (nSPS) is 13.7. The molecule has 0 saturated carbocycles. The van der Waals surface area contributed by atoms with Gasteiger partial charge in [0.25, 0.3) is 0 Å². The number of pyridine rings is 1. The Labute approximate surface area is 146 Å². The third-order valence-corrected chi connectivity index (χ3v) is 4.57. The van der Waals surface area contributed by atoms with Crippen molar-refractivity contribution in [3.05, 3.63) is 65.0 Å². The van der Waals surface area contributed by atoms with Crippen LogP contribution in [0, 0.1) is 12.8 Å². The van der Waals surface area contributed by atoms with Gasteiger partial charge < -0.3 is 10.4 Å². The standard InChI is InChI=1S/C21H30N2O/c1-4-7-18-10-11-21(23-13-18)17(3)22-14-19(15-24)12-20-9-6-5-8-16(20)2/h5-6,8-11,13,17,19,22,24H,4,7,12,14-15H2,1-3H3. The summed E-state index contributed by atoms with van der Waals surface area (Å²) in [7, 11) is 0. The van der Waals surface area contributed by atoms with Crippen LogP contribution in [0.3, 0.4) is 0 Å². The van der Waals surface area contributed by atoms with Crippen molar-refractivity contribution in [2.45, 2.75) is 46.1 Å². The fraction of sp³-hybridized carbons (Fsp3) is 0.476. The van der Waals surface area contributed by atoms with E-state index in [0.29, 0.717) is 0 Å². The van der Waals surface area contributed by atoms with E-state index in [0.717, 1.165) is 31.5 Å². The summed E-state index contributed by atoms with van der Waals surface area (Å²) in [6.45, 7) is 7.41. The lowest BCUT2D eigenvalue weighted by Gasteiger charge is -2.20. The summed E-state index contributed by atoms with van der Waals surface area (Å²) in [4.78, 5) is 4.57. The number of hydrogen-bond donors (Lipinski definition) is 2. The molecule has 0 amide bonds. The largest absolute Gasteiger partial charge is 0.396 e. The number of aromatic nitrogens is 1. The Hall–Kier alpha value is -1.71. The van der Waals surface area contributed by atoms with Gasteiger partial charge in [0.05, 0.1) is 5.69 Å². The molecule has 0 saturated heterocycles. The zero-order valence-corrected chi connectivity index (χ0v) is 15.1. The molecule has 0 bridgehead atoms. The van der Waals surface area contributed by atoms with Gasteiger partial charge in [0.2, 0.25) is 0 Å². The first-order valence-corrected chi connectivity index (χ1v) is 8.97. The van der Waals surface area contributed by atoms with Crippen molar-refractivity contribution in [2.24, 2.45) is 5.92 Å². The second-order valence-electron chi connectivity index (χ2n) is 6.65.